The van der Waals surface area contributed by atoms with Gasteiger partial charge in [0.15, 0.2) is 5.78 Å². The Labute approximate surface area is 97.6 Å². The summed E-state index contributed by atoms with van der Waals surface area (Å²) < 4.78 is 0. The van der Waals surface area contributed by atoms with Crippen LogP contribution in [0.2, 0.25) is 0 Å². The number of carbonyl (C=O) groups excluding carboxylic acids is 1. The lowest BCUT2D eigenvalue weighted by atomic mass is 10.0. The maximum absolute atomic E-state index is 11.2. The number of halogens is 2. The number of aryl methyl sites for hydroxylation is 1. The second-order valence-electron chi connectivity index (χ2n) is 3.31. The smallest absolute Gasteiger partial charge is 0.152 e. The molecule has 76 valence electrons. The molecule has 1 rings (SSSR count). The molecule has 0 fully saturated rings. The number of ketones is 1. The highest BCUT2D eigenvalue weighted by Crippen LogP contribution is 2.27. The van der Waals surface area contributed by atoms with Gasteiger partial charge >= 0.3 is 0 Å². The largest absolute Gasteiger partial charge is 0.298 e. The van der Waals surface area contributed by atoms with Gasteiger partial charge in [-0.1, -0.05) is 39.7 Å². The van der Waals surface area contributed by atoms with Gasteiger partial charge in [0.2, 0.25) is 0 Å². The lowest BCUT2D eigenvalue weighted by Crippen LogP contribution is -2.04. The molecule has 14 heavy (non-hydrogen) atoms. The van der Waals surface area contributed by atoms with Gasteiger partial charge in [-0.25, -0.2) is 0 Å². The highest BCUT2D eigenvalue weighted by atomic mass is 79.9. The Hall–Kier alpha value is -0.340. The fourth-order valence-electron chi connectivity index (χ4n) is 1.29. The highest BCUT2D eigenvalue weighted by Gasteiger charge is 2.16. The zero-order valence-corrected chi connectivity index (χ0v) is 10.5. The minimum atomic E-state index is -0.526. The van der Waals surface area contributed by atoms with Gasteiger partial charge in [-0.05, 0) is 25.0 Å². The quantitative estimate of drug-likeness (QED) is 0.768. The molecule has 0 saturated heterocycles. The number of rotatable bonds is 3. The van der Waals surface area contributed by atoms with E-state index in [1.54, 1.807) is 0 Å². The summed E-state index contributed by atoms with van der Waals surface area (Å²) in [5.74, 6) is -0.0144. The number of hydrogen-bond donors (Lipinski definition) is 0. The summed E-state index contributed by atoms with van der Waals surface area (Å²) in [7, 11) is 0. The standard InChI is InChI=1S/C11H12BrClO/c1-7-3-4-9(6-12)10(5-7)11(13)8(2)14/h3-5,11H,6H2,1-2H3. The van der Waals surface area contributed by atoms with Crippen LogP contribution in [-0.4, -0.2) is 5.78 Å². The molecule has 1 atom stereocenters. The molecule has 0 spiro atoms. The molecule has 0 aliphatic heterocycles. The second-order valence-corrected chi connectivity index (χ2v) is 4.31. The van der Waals surface area contributed by atoms with Gasteiger partial charge in [0.25, 0.3) is 0 Å². The van der Waals surface area contributed by atoms with Crippen LogP contribution in [0.5, 0.6) is 0 Å². The molecule has 0 aliphatic rings. The van der Waals surface area contributed by atoms with Crippen molar-refractivity contribution < 1.29 is 4.79 Å². The summed E-state index contributed by atoms with van der Waals surface area (Å²) in [6, 6.07) is 5.98. The van der Waals surface area contributed by atoms with Gasteiger partial charge in [0.05, 0.1) is 0 Å². The van der Waals surface area contributed by atoms with Gasteiger partial charge in [-0.2, -0.15) is 0 Å². The van der Waals surface area contributed by atoms with Crippen LogP contribution in [0.4, 0.5) is 0 Å². The van der Waals surface area contributed by atoms with Crippen molar-refractivity contribution in [3.05, 3.63) is 34.9 Å². The first-order valence-corrected chi connectivity index (χ1v) is 5.92. The molecule has 0 bridgehead atoms. The van der Waals surface area contributed by atoms with E-state index in [1.165, 1.54) is 6.92 Å². The van der Waals surface area contributed by atoms with Gasteiger partial charge in [0, 0.05) is 5.33 Å². The normalized spacial score (nSPS) is 12.6. The Morgan fingerprint density at radius 1 is 1.57 bits per heavy atom. The van der Waals surface area contributed by atoms with E-state index in [-0.39, 0.29) is 5.78 Å². The predicted octanol–water partition coefficient (Wildman–Crippen LogP) is 3.76. The molecule has 0 aromatic heterocycles. The van der Waals surface area contributed by atoms with E-state index in [2.05, 4.69) is 15.9 Å². The van der Waals surface area contributed by atoms with Crippen LogP contribution >= 0.6 is 27.5 Å². The Morgan fingerprint density at radius 2 is 2.21 bits per heavy atom. The molecule has 0 aliphatic carbocycles. The fraction of sp³-hybridized carbons (Fsp3) is 0.364. The molecular weight excluding hydrogens is 263 g/mol. The average molecular weight is 276 g/mol. The Kier molecular flexibility index (Phi) is 4.14. The van der Waals surface area contributed by atoms with Crippen LogP contribution in [0.15, 0.2) is 18.2 Å². The third kappa shape index (κ3) is 2.58. The molecule has 0 saturated carbocycles. The minimum absolute atomic E-state index is 0.0144. The van der Waals surface area contributed by atoms with Gasteiger partial charge < -0.3 is 0 Å². The maximum Gasteiger partial charge on any atom is 0.152 e. The Morgan fingerprint density at radius 3 is 2.71 bits per heavy atom. The highest BCUT2D eigenvalue weighted by molar-refractivity contribution is 9.08. The molecule has 1 aromatic rings. The number of hydrogen-bond acceptors (Lipinski definition) is 1. The molecule has 0 amide bonds. The van der Waals surface area contributed by atoms with E-state index in [4.69, 9.17) is 11.6 Å². The SMILES string of the molecule is CC(=O)C(Cl)c1cc(C)ccc1CBr. The summed E-state index contributed by atoms with van der Waals surface area (Å²) >= 11 is 9.41. The van der Waals surface area contributed by atoms with E-state index in [0.29, 0.717) is 0 Å². The molecule has 1 unspecified atom stereocenters. The lowest BCUT2D eigenvalue weighted by molar-refractivity contribution is -0.116. The first kappa shape index (κ1) is 11.7. The van der Waals surface area contributed by atoms with Gasteiger partial charge in [0.1, 0.15) is 5.38 Å². The van der Waals surface area contributed by atoms with Crippen molar-refractivity contribution in [3.8, 4) is 0 Å². The maximum atomic E-state index is 11.2. The third-order valence-corrected chi connectivity index (χ3v) is 3.22. The molecule has 1 aromatic carbocycles. The summed E-state index contributed by atoms with van der Waals surface area (Å²) in [5, 5.41) is 0.196. The number of Topliss-reactive ketones (excluding diaryl/α,β-unsaturated/α-hetero) is 1. The van der Waals surface area contributed by atoms with Crippen molar-refractivity contribution in [1.29, 1.82) is 0 Å². The van der Waals surface area contributed by atoms with Crippen LogP contribution < -0.4 is 0 Å². The monoisotopic (exact) mass is 274 g/mol. The van der Waals surface area contributed by atoms with E-state index >= 15 is 0 Å². The van der Waals surface area contributed by atoms with Crippen LogP contribution in [0.25, 0.3) is 0 Å². The lowest BCUT2D eigenvalue weighted by Gasteiger charge is -2.11. The van der Waals surface area contributed by atoms with Crippen molar-refractivity contribution in [3.63, 3.8) is 0 Å². The Balaban J connectivity index is 3.16. The molecule has 0 N–H and O–H groups in total. The van der Waals surface area contributed by atoms with Crippen LogP contribution in [0.1, 0.15) is 29.0 Å². The first-order chi connectivity index (χ1) is 6.56. The number of alkyl halides is 2. The second kappa shape index (κ2) is 4.94. The topological polar surface area (TPSA) is 17.1 Å². The minimum Gasteiger partial charge on any atom is -0.298 e. The van der Waals surface area contributed by atoms with Crippen LogP contribution in [-0.2, 0) is 10.1 Å². The van der Waals surface area contributed by atoms with Gasteiger partial charge in [-0.15, -0.1) is 11.6 Å². The van der Waals surface area contributed by atoms with Crippen LogP contribution in [0, 0.1) is 6.92 Å². The van der Waals surface area contributed by atoms with E-state index in [0.717, 1.165) is 22.0 Å². The molecular formula is C11H12BrClO. The van der Waals surface area contributed by atoms with E-state index in [9.17, 15) is 4.79 Å². The summed E-state index contributed by atoms with van der Waals surface area (Å²) in [4.78, 5) is 11.2. The summed E-state index contributed by atoms with van der Waals surface area (Å²) in [6.45, 7) is 3.50. The summed E-state index contributed by atoms with van der Waals surface area (Å²) in [6.07, 6.45) is 0. The predicted molar refractivity (Wildman–Crippen MR) is 63.1 cm³/mol. The third-order valence-electron chi connectivity index (χ3n) is 2.08. The molecule has 0 heterocycles. The van der Waals surface area contributed by atoms with Crippen molar-refractivity contribution >= 4 is 33.3 Å². The van der Waals surface area contributed by atoms with Crippen molar-refractivity contribution in [2.75, 3.05) is 0 Å². The van der Waals surface area contributed by atoms with Gasteiger partial charge in [-0.3, -0.25) is 4.79 Å². The van der Waals surface area contributed by atoms with E-state index < -0.39 is 5.38 Å². The first-order valence-electron chi connectivity index (χ1n) is 4.36. The number of benzene rings is 1. The molecule has 3 heteroatoms. The van der Waals surface area contributed by atoms with Crippen molar-refractivity contribution in [1.82, 2.24) is 0 Å². The summed E-state index contributed by atoms with van der Waals surface area (Å²) in [5.41, 5.74) is 3.11. The number of carbonyl (C=O) groups is 1. The molecule has 1 nitrogen and oxygen atoms in total. The van der Waals surface area contributed by atoms with Crippen molar-refractivity contribution in [2.45, 2.75) is 24.6 Å². The fourth-order valence-corrected chi connectivity index (χ4v) is 2.00. The van der Waals surface area contributed by atoms with E-state index in [1.807, 2.05) is 25.1 Å². The Bertz CT molecular complexity index is 349. The average Bonchev–Trinajstić information content (AvgIpc) is 2.16. The van der Waals surface area contributed by atoms with Crippen molar-refractivity contribution in [2.24, 2.45) is 0 Å². The zero-order valence-electron chi connectivity index (χ0n) is 8.18. The molecule has 0 radical (unpaired) electrons. The zero-order chi connectivity index (χ0) is 10.7. The van der Waals surface area contributed by atoms with Crippen LogP contribution in [0.3, 0.4) is 0 Å².